The average molecular weight is 669 g/mol. The van der Waals surface area contributed by atoms with E-state index in [1.165, 1.54) is 55.5 Å². The van der Waals surface area contributed by atoms with Crippen LogP contribution in [0.5, 0.6) is 11.5 Å². The Balaban J connectivity index is 2.10. The van der Waals surface area contributed by atoms with Crippen molar-refractivity contribution in [3.8, 4) is 11.5 Å². The maximum atomic E-state index is 14.2. The average Bonchev–Trinajstić information content (AvgIpc) is 2.99. The number of carbonyl (C=O) groups excluding carboxylic acids is 2. The van der Waals surface area contributed by atoms with Crippen LogP contribution >= 0.6 is 23.2 Å². The number of sulfonamides is 1. The molecule has 0 unspecified atom stereocenters. The standard InChI is InChI=1S/C31H36Cl2FN3O6S/c1-6-27(31(39)35-17-20(2)3)36(18-21-7-8-22(32)15-26(21)33)30(38)19-37(24-11-9-23(34)10-12-24)44(40,41)25-13-14-28(42-4)29(16-25)43-5/h7-16,20,27H,6,17-19H2,1-5H3,(H,35,39)/t27-/m0/s1. The number of hydrogen-bond donors (Lipinski definition) is 1. The van der Waals surface area contributed by atoms with E-state index in [9.17, 15) is 22.4 Å². The zero-order valence-corrected chi connectivity index (χ0v) is 27.5. The molecule has 13 heteroatoms. The van der Waals surface area contributed by atoms with Gasteiger partial charge in [0.15, 0.2) is 11.5 Å². The van der Waals surface area contributed by atoms with Crippen molar-refractivity contribution in [1.29, 1.82) is 0 Å². The summed E-state index contributed by atoms with van der Waals surface area (Å²) in [5, 5.41) is 3.53. The first-order valence-corrected chi connectivity index (χ1v) is 16.0. The van der Waals surface area contributed by atoms with Gasteiger partial charge in [-0.05, 0) is 66.4 Å². The number of carbonyl (C=O) groups is 2. The normalized spacial score (nSPS) is 12.0. The fourth-order valence-corrected chi connectivity index (χ4v) is 6.31. The van der Waals surface area contributed by atoms with Crippen LogP contribution in [0, 0.1) is 11.7 Å². The highest BCUT2D eigenvalue weighted by molar-refractivity contribution is 7.92. The Morgan fingerprint density at radius 2 is 1.61 bits per heavy atom. The van der Waals surface area contributed by atoms with Crippen LogP contribution in [0.15, 0.2) is 65.6 Å². The summed E-state index contributed by atoms with van der Waals surface area (Å²) in [6.07, 6.45) is 0.236. The van der Waals surface area contributed by atoms with Gasteiger partial charge in [-0.2, -0.15) is 0 Å². The van der Waals surface area contributed by atoms with E-state index in [1.54, 1.807) is 19.1 Å². The minimum absolute atomic E-state index is 0.0383. The summed E-state index contributed by atoms with van der Waals surface area (Å²) in [5.74, 6) is -1.04. The third-order valence-corrected chi connectivity index (χ3v) is 9.12. The maximum absolute atomic E-state index is 14.2. The lowest BCUT2D eigenvalue weighted by Crippen LogP contribution is -2.52. The van der Waals surface area contributed by atoms with Crippen LogP contribution in [0.4, 0.5) is 10.1 Å². The predicted molar refractivity (Wildman–Crippen MR) is 169 cm³/mol. The third-order valence-electron chi connectivity index (χ3n) is 6.76. The summed E-state index contributed by atoms with van der Waals surface area (Å²) < 4.78 is 53.5. The number of nitrogens with zero attached hydrogens (tertiary/aromatic N) is 2. The number of anilines is 1. The lowest BCUT2D eigenvalue weighted by Gasteiger charge is -2.33. The van der Waals surface area contributed by atoms with Gasteiger partial charge in [0.2, 0.25) is 11.8 Å². The van der Waals surface area contributed by atoms with Crippen molar-refractivity contribution in [1.82, 2.24) is 10.2 Å². The number of hydrogen-bond acceptors (Lipinski definition) is 6. The Kier molecular flexibility index (Phi) is 12.3. The molecule has 238 valence electrons. The molecule has 0 fully saturated rings. The Morgan fingerprint density at radius 3 is 2.18 bits per heavy atom. The van der Waals surface area contributed by atoms with Crippen LogP contribution in [0.25, 0.3) is 0 Å². The van der Waals surface area contributed by atoms with Crippen molar-refractivity contribution in [2.24, 2.45) is 5.92 Å². The van der Waals surface area contributed by atoms with Crippen LogP contribution in [0.3, 0.4) is 0 Å². The molecule has 3 rings (SSSR count). The van der Waals surface area contributed by atoms with Crippen molar-refractivity contribution >= 4 is 50.7 Å². The van der Waals surface area contributed by atoms with Crippen molar-refractivity contribution in [3.05, 3.63) is 82.1 Å². The lowest BCUT2D eigenvalue weighted by molar-refractivity contribution is -0.140. The van der Waals surface area contributed by atoms with Crippen LogP contribution in [-0.4, -0.2) is 58.5 Å². The largest absolute Gasteiger partial charge is 0.493 e. The summed E-state index contributed by atoms with van der Waals surface area (Å²) in [4.78, 5) is 28.6. The molecule has 3 aromatic carbocycles. The minimum Gasteiger partial charge on any atom is -0.493 e. The molecule has 0 heterocycles. The number of benzene rings is 3. The molecular weight excluding hydrogens is 632 g/mol. The van der Waals surface area contributed by atoms with Crippen LogP contribution in [0.1, 0.15) is 32.8 Å². The van der Waals surface area contributed by atoms with Gasteiger partial charge in [-0.15, -0.1) is 0 Å². The molecular formula is C31H36Cl2FN3O6S. The predicted octanol–water partition coefficient (Wildman–Crippen LogP) is 5.92. The summed E-state index contributed by atoms with van der Waals surface area (Å²) in [5.41, 5.74) is 0.548. The molecule has 0 saturated carbocycles. The molecule has 0 spiro atoms. The first kappa shape index (κ1) is 34.9. The molecule has 1 N–H and O–H groups in total. The zero-order chi connectivity index (χ0) is 32.6. The number of amides is 2. The SMILES string of the molecule is CC[C@@H](C(=O)NCC(C)C)N(Cc1ccc(Cl)cc1Cl)C(=O)CN(c1ccc(F)cc1)S(=O)(=O)c1ccc(OC)c(OC)c1. The van der Waals surface area contributed by atoms with Crippen LogP contribution in [-0.2, 0) is 26.2 Å². The Labute approximate surface area is 267 Å². The number of nitrogens with one attached hydrogen (secondary N) is 1. The summed E-state index contributed by atoms with van der Waals surface area (Å²) >= 11 is 12.5. The van der Waals surface area contributed by atoms with Gasteiger partial charge in [0, 0.05) is 29.2 Å². The van der Waals surface area contributed by atoms with Crippen LogP contribution < -0.4 is 19.1 Å². The van der Waals surface area contributed by atoms with E-state index < -0.39 is 40.2 Å². The fraction of sp³-hybridized carbons (Fsp3) is 0.355. The Morgan fingerprint density at radius 1 is 0.955 bits per heavy atom. The van der Waals surface area contributed by atoms with Crippen molar-refractivity contribution in [2.75, 3.05) is 31.6 Å². The fourth-order valence-electron chi connectivity index (χ4n) is 4.42. The summed E-state index contributed by atoms with van der Waals surface area (Å²) in [6.45, 7) is 5.21. The number of halogens is 3. The molecule has 0 aromatic heterocycles. The first-order chi connectivity index (χ1) is 20.8. The Bertz CT molecular complexity index is 1570. The summed E-state index contributed by atoms with van der Waals surface area (Å²) in [7, 11) is -1.65. The van der Waals surface area contributed by atoms with Crippen molar-refractivity contribution in [3.63, 3.8) is 0 Å². The second kappa shape index (κ2) is 15.5. The zero-order valence-electron chi connectivity index (χ0n) is 25.1. The second-order valence-corrected chi connectivity index (χ2v) is 13.0. The number of ether oxygens (including phenoxy) is 2. The highest BCUT2D eigenvalue weighted by atomic mass is 35.5. The van der Waals surface area contributed by atoms with E-state index in [4.69, 9.17) is 32.7 Å². The molecule has 0 aliphatic rings. The van der Waals surface area contributed by atoms with Crippen molar-refractivity contribution < 1.29 is 31.9 Å². The van der Waals surface area contributed by atoms with E-state index in [0.717, 1.165) is 16.4 Å². The van der Waals surface area contributed by atoms with E-state index in [-0.39, 0.29) is 40.2 Å². The highest BCUT2D eigenvalue weighted by Gasteiger charge is 2.34. The summed E-state index contributed by atoms with van der Waals surface area (Å²) in [6, 6.07) is 12.5. The lowest BCUT2D eigenvalue weighted by atomic mass is 10.1. The van der Waals surface area contributed by atoms with Gasteiger partial charge in [0.25, 0.3) is 10.0 Å². The second-order valence-electron chi connectivity index (χ2n) is 10.3. The monoisotopic (exact) mass is 667 g/mol. The quantitative estimate of drug-likeness (QED) is 0.229. The topological polar surface area (TPSA) is 105 Å². The third kappa shape index (κ3) is 8.55. The van der Waals surface area contributed by atoms with Gasteiger partial charge in [0.05, 0.1) is 24.8 Å². The molecule has 0 bridgehead atoms. The van der Waals surface area contributed by atoms with Gasteiger partial charge in [0.1, 0.15) is 18.4 Å². The number of rotatable bonds is 14. The van der Waals surface area contributed by atoms with E-state index >= 15 is 0 Å². The molecule has 1 atom stereocenters. The molecule has 2 amide bonds. The molecule has 0 aliphatic heterocycles. The van der Waals surface area contributed by atoms with E-state index in [1.807, 2.05) is 13.8 Å². The van der Waals surface area contributed by atoms with E-state index in [0.29, 0.717) is 22.9 Å². The first-order valence-electron chi connectivity index (χ1n) is 13.8. The maximum Gasteiger partial charge on any atom is 0.264 e. The van der Waals surface area contributed by atoms with Gasteiger partial charge in [-0.3, -0.25) is 13.9 Å². The van der Waals surface area contributed by atoms with Gasteiger partial charge >= 0.3 is 0 Å². The van der Waals surface area contributed by atoms with Gasteiger partial charge in [-0.1, -0.05) is 50.0 Å². The molecule has 0 radical (unpaired) electrons. The number of methoxy groups -OCH3 is 2. The van der Waals surface area contributed by atoms with Gasteiger partial charge < -0.3 is 19.7 Å². The smallest absolute Gasteiger partial charge is 0.264 e. The van der Waals surface area contributed by atoms with Crippen LogP contribution in [0.2, 0.25) is 10.0 Å². The molecule has 9 nitrogen and oxygen atoms in total. The molecule has 44 heavy (non-hydrogen) atoms. The molecule has 0 saturated heterocycles. The van der Waals surface area contributed by atoms with Crippen molar-refractivity contribution in [2.45, 2.75) is 44.7 Å². The molecule has 3 aromatic rings. The highest BCUT2D eigenvalue weighted by Crippen LogP contribution is 2.33. The Hall–Kier alpha value is -3.54. The van der Waals surface area contributed by atoms with Gasteiger partial charge in [-0.25, -0.2) is 12.8 Å². The minimum atomic E-state index is -4.43. The molecule has 0 aliphatic carbocycles. The van der Waals surface area contributed by atoms with E-state index in [2.05, 4.69) is 5.32 Å².